The van der Waals surface area contributed by atoms with Crippen molar-refractivity contribution in [3.8, 4) is 0 Å². The molecule has 0 saturated heterocycles. The van der Waals surface area contributed by atoms with Gasteiger partial charge in [-0.1, -0.05) is 0 Å². The van der Waals surface area contributed by atoms with E-state index in [1.807, 2.05) is 0 Å². The van der Waals surface area contributed by atoms with Crippen LogP contribution in [0.3, 0.4) is 0 Å². The van der Waals surface area contributed by atoms with E-state index in [0.29, 0.717) is 15.6 Å². The summed E-state index contributed by atoms with van der Waals surface area (Å²) in [5, 5.41) is 19.1. The molecule has 0 bridgehead atoms. The van der Waals surface area contributed by atoms with Gasteiger partial charge in [-0.05, 0) is 15.9 Å². The SMILES string of the molecule is [O-]N(O)c1c[nH]c2c(Br)ncnc12. The minimum atomic E-state index is -0.238. The van der Waals surface area contributed by atoms with Gasteiger partial charge in [0.15, 0.2) is 0 Å². The van der Waals surface area contributed by atoms with Gasteiger partial charge in [0.2, 0.25) is 0 Å². The number of nitrogens with zero attached hydrogens (tertiary/aromatic N) is 3. The van der Waals surface area contributed by atoms with Gasteiger partial charge in [-0.15, -0.1) is 0 Å². The maximum Gasteiger partial charge on any atom is 0.133 e. The van der Waals surface area contributed by atoms with Crippen molar-refractivity contribution in [2.45, 2.75) is 0 Å². The molecule has 0 saturated carbocycles. The van der Waals surface area contributed by atoms with Gasteiger partial charge in [0.25, 0.3) is 0 Å². The van der Waals surface area contributed by atoms with Crippen LogP contribution in [-0.2, 0) is 0 Å². The number of aromatic nitrogens is 3. The van der Waals surface area contributed by atoms with Crippen LogP contribution >= 0.6 is 15.9 Å². The fourth-order valence-corrected chi connectivity index (χ4v) is 1.43. The Morgan fingerprint density at radius 2 is 2.31 bits per heavy atom. The van der Waals surface area contributed by atoms with Crippen LogP contribution in [0.2, 0.25) is 0 Å². The van der Waals surface area contributed by atoms with Crippen molar-refractivity contribution in [2.75, 3.05) is 5.23 Å². The van der Waals surface area contributed by atoms with Crippen LogP contribution in [0.25, 0.3) is 11.0 Å². The summed E-state index contributed by atoms with van der Waals surface area (Å²) in [4.78, 5) is 10.5. The minimum Gasteiger partial charge on any atom is -0.733 e. The number of halogens is 1. The zero-order valence-electron chi connectivity index (χ0n) is 6.23. The van der Waals surface area contributed by atoms with E-state index in [1.165, 1.54) is 12.5 Å². The van der Waals surface area contributed by atoms with E-state index in [0.717, 1.165) is 0 Å². The first-order chi connectivity index (χ1) is 6.20. The molecule has 2 aromatic rings. The van der Waals surface area contributed by atoms with Crippen LogP contribution in [0.5, 0.6) is 0 Å². The summed E-state index contributed by atoms with van der Waals surface area (Å²) < 4.78 is 0.547. The van der Waals surface area contributed by atoms with Crippen molar-refractivity contribution in [3.05, 3.63) is 22.3 Å². The van der Waals surface area contributed by atoms with Crippen molar-refractivity contribution < 1.29 is 5.21 Å². The minimum absolute atomic E-state index is 0.0677. The molecule has 0 unspecified atom stereocenters. The van der Waals surface area contributed by atoms with Crippen molar-refractivity contribution in [2.24, 2.45) is 0 Å². The quantitative estimate of drug-likeness (QED) is 0.584. The fraction of sp³-hybridized carbons (Fsp3) is 0. The zero-order valence-corrected chi connectivity index (χ0v) is 7.82. The van der Waals surface area contributed by atoms with Gasteiger partial charge >= 0.3 is 0 Å². The Labute approximate surface area is 80.9 Å². The van der Waals surface area contributed by atoms with E-state index in [9.17, 15) is 5.21 Å². The normalized spacial score (nSPS) is 10.7. The highest BCUT2D eigenvalue weighted by Gasteiger charge is 2.08. The summed E-state index contributed by atoms with van der Waals surface area (Å²) >= 11 is 3.17. The molecular formula is C6H4BrN4O2-. The van der Waals surface area contributed by atoms with Crippen LogP contribution < -0.4 is 5.23 Å². The third-order valence-electron chi connectivity index (χ3n) is 1.60. The second-order valence-electron chi connectivity index (χ2n) is 2.33. The van der Waals surface area contributed by atoms with Gasteiger partial charge in [-0.3, -0.25) is 5.21 Å². The van der Waals surface area contributed by atoms with Gasteiger partial charge in [0.05, 0.1) is 11.2 Å². The fourth-order valence-electron chi connectivity index (χ4n) is 1.04. The first kappa shape index (κ1) is 8.42. The monoisotopic (exact) mass is 243 g/mol. The predicted molar refractivity (Wildman–Crippen MR) is 49.2 cm³/mol. The molecule has 0 aliphatic rings. The van der Waals surface area contributed by atoms with E-state index in [1.54, 1.807) is 0 Å². The van der Waals surface area contributed by atoms with E-state index in [4.69, 9.17) is 5.21 Å². The molecule has 0 amide bonds. The number of H-pyrrole nitrogens is 1. The molecule has 0 aliphatic heterocycles. The average Bonchev–Trinajstić information content (AvgIpc) is 2.48. The van der Waals surface area contributed by atoms with E-state index >= 15 is 0 Å². The summed E-state index contributed by atoms with van der Waals surface area (Å²) in [6.45, 7) is 0. The Morgan fingerprint density at radius 1 is 1.54 bits per heavy atom. The molecule has 13 heavy (non-hydrogen) atoms. The molecule has 2 rings (SSSR count). The Hall–Kier alpha value is -1.18. The molecule has 7 heteroatoms. The first-order valence-electron chi connectivity index (χ1n) is 3.34. The van der Waals surface area contributed by atoms with Gasteiger partial charge in [-0.25, -0.2) is 9.97 Å². The number of aromatic amines is 1. The lowest BCUT2D eigenvalue weighted by Gasteiger charge is -2.19. The highest BCUT2D eigenvalue weighted by atomic mass is 79.9. The number of hydrogen-bond acceptors (Lipinski definition) is 5. The lowest BCUT2D eigenvalue weighted by molar-refractivity contribution is 0.297. The molecule has 0 aromatic carbocycles. The van der Waals surface area contributed by atoms with Crippen LogP contribution in [-0.4, -0.2) is 20.2 Å². The summed E-state index contributed by atoms with van der Waals surface area (Å²) in [7, 11) is 0. The number of rotatable bonds is 1. The summed E-state index contributed by atoms with van der Waals surface area (Å²) in [6.07, 6.45) is 2.66. The molecule has 0 spiro atoms. The lowest BCUT2D eigenvalue weighted by Crippen LogP contribution is -2.06. The van der Waals surface area contributed by atoms with E-state index in [-0.39, 0.29) is 10.9 Å². The summed E-state index contributed by atoms with van der Waals surface area (Å²) in [5.74, 6) is 0. The molecule has 0 atom stereocenters. The van der Waals surface area contributed by atoms with Crippen molar-refractivity contribution >= 4 is 32.7 Å². The molecule has 6 nitrogen and oxygen atoms in total. The van der Waals surface area contributed by atoms with Crippen LogP contribution in [0.4, 0.5) is 5.69 Å². The summed E-state index contributed by atoms with van der Waals surface area (Å²) in [5.41, 5.74) is 1.02. The van der Waals surface area contributed by atoms with Gasteiger partial charge < -0.3 is 15.4 Å². The maximum absolute atomic E-state index is 10.6. The molecule has 2 heterocycles. The standard InChI is InChI=1S/C6H4BrN4O2/c7-6-5-4(9-2-10-6)3(1-8-5)11(12)13/h1-2,8,12H/q-1. The Bertz CT molecular complexity index is 441. The van der Waals surface area contributed by atoms with E-state index < -0.39 is 0 Å². The topological polar surface area (TPSA) is 88.1 Å². The average molecular weight is 244 g/mol. The van der Waals surface area contributed by atoms with Crippen molar-refractivity contribution in [1.82, 2.24) is 15.0 Å². The molecule has 0 aliphatic carbocycles. The smallest absolute Gasteiger partial charge is 0.133 e. The summed E-state index contributed by atoms with van der Waals surface area (Å²) in [6, 6.07) is 0. The number of anilines is 1. The zero-order chi connectivity index (χ0) is 9.42. The van der Waals surface area contributed by atoms with Crippen LogP contribution in [0.15, 0.2) is 17.1 Å². The third kappa shape index (κ3) is 1.26. The second-order valence-corrected chi connectivity index (χ2v) is 3.09. The molecule has 2 N–H and O–H groups in total. The highest BCUT2D eigenvalue weighted by Crippen LogP contribution is 2.26. The van der Waals surface area contributed by atoms with Crippen LogP contribution in [0.1, 0.15) is 0 Å². The molecule has 0 radical (unpaired) electrons. The first-order valence-corrected chi connectivity index (χ1v) is 4.13. The highest BCUT2D eigenvalue weighted by molar-refractivity contribution is 9.10. The van der Waals surface area contributed by atoms with Gasteiger partial charge in [0.1, 0.15) is 16.4 Å². The lowest BCUT2D eigenvalue weighted by atomic mass is 10.4. The maximum atomic E-state index is 10.6. The largest absolute Gasteiger partial charge is 0.733 e. The molecular weight excluding hydrogens is 240 g/mol. The Kier molecular flexibility index (Phi) is 1.91. The van der Waals surface area contributed by atoms with E-state index in [2.05, 4.69) is 30.9 Å². The Balaban J connectivity index is 2.75. The van der Waals surface area contributed by atoms with Crippen LogP contribution in [0, 0.1) is 5.21 Å². The third-order valence-corrected chi connectivity index (χ3v) is 2.20. The number of fused-ring (bicyclic) bond motifs is 1. The molecule has 0 fully saturated rings. The van der Waals surface area contributed by atoms with Gasteiger partial charge in [-0.2, -0.15) is 0 Å². The Morgan fingerprint density at radius 3 is 3.00 bits per heavy atom. The molecule has 68 valence electrons. The van der Waals surface area contributed by atoms with Crippen molar-refractivity contribution in [1.29, 1.82) is 0 Å². The van der Waals surface area contributed by atoms with Gasteiger partial charge in [0, 0.05) is 6.20 Å². The number of hydrogen-bond donors (Lipinski definition) is 2. The number of nitrogens with one attached hydrogen (secondary N) is 1. The predicted octanol–water partition coefficient (Wildman–Crippen LogP) is 1.41. The van der Waals surface area contributed by atoms with Crippen molar-refractivity contribution in [3.63, 3.8) is 0 Å². The molecule has 2 aromatic heterocycles. The second kappa shape index (κ2) is 2.95.